The van der Waals surface area contributed by atoms with Gasteiger partial charge in [0.2, 0.25) is 0 Å². The fourth-order valence-electron chi connectivity index (χ4n) is 6.91. The molecule has 3 aromatic carbocycles. The van der Waals surface area contributed by atoms with E-state index in [2.05, 4.69) is 104 Å². The van der Waals surface area contributed by atoms with Crippen molar-refractivity contribution in [2.75, 3.05) is 0 Å². The second-order valence-electron chi connectivity index (χ2n) is 19.2. The molecule has 0 saturated heterocycles. The van der Waals surface area contributed by atoms with Crippen molar-refractivity contribution < 1.29 is 34.7 Å². The molecule has 291 valence electrons. The van der Waals surface area contributed by atoms with Crippen molar-refractivity contribution >= 4 is 40.6 Å². The van der Waals surface area contributed by atoms with Crippen LogP contribution in [0.1, 0.15) is 120 Å². The van der Waals surface area contributed by atoms with Crippen LogP contribution in [0.3, 0.4) is 0 Å². The van der Waals surface area contributed by atoms with Crippen LogP contribution in [-0.4, -0.2) is 23.9 Å². The summed E-state index contributed by atoms with van der Waals surface area (Å²) in [6.07, 6.45) is 8.67. The summed E-state index contributed by atoms with van der Waals surface area (Å²) in [4.78, 5) is 17.1. The molecule has 0 spiro atoms. The van der Waals surface area contributed by atoms with Crippen molar-refractivity contribution in [3.63, 3.8) is 0 Å². The Hall–Kier alpha value is -2.79. The van der Waals surface area contributed by atoms with Crippen LogP contribution in [0.25, 0.3) is 32.8 Å². The number of hydrogen-bond acceptors (Lipinski definition) is 4. The molecule has 1 aliphatic heterocycles. The fourth-order valence-corrected chi connectivity index (χ4v) is 8.06. The average Bonchev–Trinajstić information content (AvgIpc) is 3.06. The Kier molecular flexibility index (Phi) is 13.9. The molecule has 2 heterocycles. The third kappa shape index (κ3) is 10.1. The maximum atomic E-state index is 12.2. The zero-order chi connectivity index (χ0) is 39.0. The van der Waals surface area contributed by atoms with Crippen molar-refractivity contribution in [3.05, 3.63) is 71.6 Å². The van der Waals surface area contributed by atoms with E-state index >= 15 is 0 Å². The summed E-state index contributed by atoms with van der Waals surface area (Å²) in [6.45, 7) is 33.0. The number of aliphatic hydroxyl groups excluding tert-OH is 1. The third-order valence-electron chi connectivity index (χ3n) is 11.4. The molecule has 4 aromatic rings. The molecule has 1 aliphatic rings. The quantitative estimate of drug-likeness (QED) is 0.0656. The number of hydrogen-bond donors (Lipinski definition) is 1. The summed E-state index contributed by atoms with van der Waals surface area (Å²) >= 11 is 0. The molecule has 1 radical (unpaired) electrons. The Morgan fingerprint density at radius 1 is 0.830 bits per heavy atom. The van der Waals surface area contributed by atoms with Gasteiger partial charge in [0, 0.05) is 54.3 Å². The number of benzene rings is 3. The number of aliphatic hydroxyl groups is 1. The van der Waals surface area contributed by atoms with Crippen LogP contribution in [0.15, 0.2) is 54.4 Å². The average molecular weight is 913 g/mol. The Bertz CT molecular complexity index is 1960. The van der Waals surface area contributed by atoms with E-state index in [1.807, 2.05) is 47.7 Å². The Morgan fingerprint density at radius 2 is 1.42 bits per heavy atom. The van der Waals surface area contributed by atoms with Gasteiger partial charge in [0.15, 0.2) is 5.78 Å². The summed E-state index contributed by atoms with van der Waals surface area (Å²) in [7, 11) is -1.51. The number of nitrogens with zero attached hydrogens (tertiary/aromatic N) is 1. The van der Waals surface area contributed by atoms with Gasteiger partial charge in [-0.15, -0.1) is 17.5 Å². The van der Waals surface area contributed by atoms with Gasteiger partial charge in [0.05, 0.1) is 13.8 Å². The molecule has 0 saturated carbocycles. The Morgan fingerprint density at radius 3 is 1.94 bits per heavy atom. The van der Waals surface area contributed by atoms with Crippen LogP contribution in [-0.2, 0) is 37.7 Å². The molecule has 0 fully saturated rings. The topological polar surface area (TPSA) is 59.4 Å². The number of carbonyl (C=O) groups excluding carboxylic acids is 1. The van der Waals surface area contributed by atoms with Crippen molar-refractivity contribution in [2.24, 2.45) is 21.7 Å². The van der Waals surface area contributed by atoms with Gasteiger partial charge in [-0.25, -0.2) is 0 Å². The predicted octanol–water partition coefficient (Wildman–Crippen LogP) is 13.3. The van der Waals surface area contributed by atoms with Crippen molar-refractivity contribution in [3.8, 4) is 22.8 Å². The standard InChI is InChI=1S/C32H38NOSi.C15H28O2.Ir/c1-31(2,3)18-20-10-11-24-22(14-20)16-25-29-28-21(12-13-33-29)15-23(35(7,8)9)17-27(28)34-30(25)26(24)19-32(4,5)6;1-7-14(5,8-2)12(16)11-13(17)15(6,9-3)10-4;/h10-15,17H,18-19H2,1-9H3;11,16H,7-10H2,1-6H3;/q-1;;/b;12-11-;. The molecule has 0 atom stereocenters. The zero-order valence-electron chi connectivity index (χ0n) is 35.4. The minimum Gasteiger partial charge on any atom is -0.512 e. The van der Waals surface area contributed by atoms with Crippen LogP contribution in [0, 0.1) is 27.7 Å². The van der Waals surface area contributed by atoms with Crippen molar-refractivity contribution in [1.29, 1.82) is 0 Å². The molecular weight excluding hydrogens is 847 g/mol. The summed E-state index contributed by atoms with van der Waals surface area (Å²) in [5, 5.41) is 16.3. The Balaban J connectivity index is 0.000000359. The predicted molar refractivity (Wildman–Crippen MR) is 226 cm³/mol. The van der Waals surface area contributed by atoms with E-state index in [-0.39, 0.29) is 53.3 Å². The first kappa shape index (κ1) is 44.6. The summed E-state index contributed by atoms with van der Waals surface area (Å²) in [6, 6.07) is 17.4. The molecule has 0 amide bonds. The normalized spacial score (nSPS) is 13.5. The van der Waals surface area contributed by atoms with Crippen LogP contribution in [0.2, 0.25) is 19.6 Å². The maximum absolute atomic E-state index is 12.2. The van der Waals surface area contributed by atoms with Gasteiger partial charge in [-0.05, 0) is 66.9 Å². The monoisotopic (exact) mass is 913 g/mol. The van der Waals surface area contributed by atoms with E-state index in [9.17, 15) is 9.90 Å². The number of allylic oxidation sites excluding steroid dienone is 2. The van der Waals surface area contributed by atoms with E-state index < -0.39 is 8.07 Å². The molecule has 5 rings (SSSR count). The number of aromatic nitrogens is 1. The van der Waals surface area contributed by atoms with Crippen molar-refractivity contribution in [1.82, 2.24) is 4.98 Å². The van der Waals surface area contributed by atoms with Crippen LogP contribution >= 0.6 is 0 Å². The van der Waals surface area contributed by atoms with Gasteiger partial charge in [0.25, 0.3) is 0 Å². The second kappa shape index (κ2) is 16.5. The minimum atomic E-state index is -1.51. The van der Waals surface area contributed by atoms with Crippen LogP contribution in [0.4, 0.5) is 0 Å². The van der Waals surface area contributed by atoms with Crippen LogP contribution in [0.5, 0.6) is 11.5 Å². The number of rotatable bonds is 10. The van der Waals surface area contributed by atoms with Gasteiger partial charge in [0.1, 0.15) is 11.5 Å². The smallest absolute Gasteiger partial charge is 0.164 e. The number of carbonyl (C=O) groups is 1. The second-order valence-corrected chi connectivity index (χ2v) is 24.3. The van der Waals surface area contributed by atoms with E-state index in [4.69, 9.17) is 9.72 Å². The van der Waals surface area contributed by atoms with Crippen molar-refractivity contribution in [2.45, 2.75) is 141 Å². The van der Waals surface area contributed by atoms with Gasteiger partial charge in [-0.2, -0.15) is 0 Å². The molecule has 0 aliphatic carbocycles. The molecule has 4 nitrogen and oxygen atoms in total. The first-order chi connectivity index (χ1) is 24.0. The van der Waals surface area contributed by atoms with Gasteiger partial charge >= 0.3 is 0 Å². The summed E-state index contributed by atoms with van der Waals surface area (Å²) in [5.74, 6) is 2.17. The molecule has 53 heavy (non-hydrogen) atoms. The molecular formula is C47H66IrNO3Si-. The minimum absolute atomic E-state index is 0. The first-order valence-corrected chi connectivity index (χ1v) is 23.1. The molecule has 6 heteroatoms. The van der Waals surface area contributed by atoms with Crippen LogP contribution < -0.4 is 9.92 Å². The summed E-state index contributed by atoms with van der Waals surface area (Å²) < 4.78 is 6.83. The number of fused-ring (bicyclic) bond motifs is 3. The Labute approximate surface area is 336 Å². The first-order valence-electron chi connectivity index (χ1n) is 19.6. The molecule has 1 N–H and O–H groups in total. The number of pyridine rings is 1. The SMILES string of the molecule is CC(C)(C)Cc1ccc2c(CC(C)(C)C)c3c([c-]c2c1)-c1nccc2cc([Si](C)(C)C)cc(c12)O3.CCC(C)(CC)C(=O)/C=C(\O)C(C)(CC)CC.[Ir]. The third-order valence-corrected chi connectivity index (χ3v) is 13.4. The van der Waals surface area contributed by atoms with E-state index in [0.717, 1.165) is 72.1 Å². The fraction of sp³-hybridized carbons (Fsp3) is 0.532. The van der Waals surface area contributed by atoms with Gasteiger partial charge in [-0.3, -0.25) is 9.78 Å². The number of ketones is 1. The molecule has 1 aromatic heterocycles. The molecule has 0 unspecified atom stereocenters. The summed E-state index contributed by atoms with van der Waals surface area (Å²) in [5.41, 5.74) is 4.38. The van der Waals surface area contributed by atoms with E-state index in [0.29, 0.717) is 0 Å². The van der Waals surface area contributed by atoms with Gasteiger partial charge < -0.3 is 9.84 Å². The number of ether oxygens (including phenoxy) is 1. The van der Waals surface area contributed by atoms with Gasteiger partial charge in [-0.1, -0.05) is 148 Å². The maximum Gasteiger partial charge on any atom is 0.164 e. The zero-order valence-corrected chi connectivity index (χ0v) is 38.8. The largest absolute Gasteiger partial charge is 0.512 e. The molecule has 0 bridgehead atoms. The van der Waals surface area contributed by atoms with E-state index in [1.165, 1.54) is 33.2 Å². The van der Waals surface area contributed by atoms with E-state index in [1.54, 1.807) is 0 Å².